The average molecular weight is 431 g/mol. The van der Waals surface area contributed by atoms with Crippen LogP contribution >= 0.6 is 11.6 Å². The number of anilines is 1. The van der Waals surface area contributed by atoms with Crippen LogP contribution < -0.4 is 4.90 Å². The minimum absolute atomic E-state index is 0.0303. The lowest BCUT2D eigenvalue weighted by Crippen LogP contribution is -2.25. The number of sulfone groups is 1. The number of aryl methyl sites for hydroxylation is 1. The second-order valence-corrected chi connectivity index (χ2v) is 9.66. The van der Waals surface area contributed by atoms with E-state index < -0.39 is 9.84 Å². The monoisotopic (exact) mass is 430 g/mol. The van der Waals surface area contributed by atoms with Crippen molar-refractivity contribution >= 4 is 27.3 Å². The van der Waals surface area contributed by atoms with E-state index >= 15 is 0 Å². The summed E-state index contributed by atoms with van der Waals surface area (Å²) < 4.78 is 32.9. The Kier molecular flexibility index (Phi) is 5.65. The van der Waals surface area contributed by atoms with Crippen LogP contribution in [0.3, 0.4) is 0 Å². The fourth-order valence-corrected chi connectivity index (χ4v) is 4.94. The summed E-state index contributed by atoms with van der Waals surface area (Å²) in [5.41, 5.74) is 1.87. The van der Waals surface area contributed by atoms with E-state index in [1.807, 2.05) is 36.1 Å². The predicted octanol–water partition coefficient (Wildman–Crippen LogP) is 5.52. The molecule has 152 valence electrons. The number of halogens is 1. The Balaban J connectivity index is 1.83. The first kappa shape index (κ1) is 20.0. The molecule has 0 saturated carbocycles. The second-order valence-electron chi connectivity index (χ2n) is 7.35. The lowest BCUT2D eigenvalue weighted by molar-refractivity contribution is 0.543. The van der Waals surface area contributed by atoms with Gasteiger partial charge < -0.3 is 9.32 Å². The van der Waals surface area contributed by atoms with E-state index in [2.05, 4.69) is 4.98 Å². The molecule has 1 aromatic heterocycles. The minimum Gasteiger partial charge on any atom is -0.419 e. The third-order valence-corrected chi connectivity index (χ3v) is 7.07. The van der Waals surface area contributed by atoms with Gasteiger partial charge in [0.15, 0.2) is 0 Å². The molecule has 2 heterocycles. The standard InChI is InChI=1S/C22H23ClN2O3S/c1-16-6-8-17(9-7-16)20-24-21(22(28-20)25-14-4-2-3-5-15-25)29(26,27)19-12-10-18(23)11-13-19/h6-13H,2-5,14-15H2,1H3. The minimum atomic E-state index is -3.85. The fourth-order valence-electron chi connectivity index (χ4n) is 3.49. The molecule has 4 rings (SSSR count). The van der Waals surface area contributed by atoms with Crippen molar-refractivity contribution in [2.45, 2.75) is 42.5 Å². The van der Waals surface area contributed by atoms with Gasteiger partial charge in [0.25, 0.3) is 0 Å². The van der Waals surface area contributed by atoms with E-state index in [9.17, 15) is 8.42 Å². The van der Waals surface area contributed by atoms with E-state index in [-0.39, 0.29) is 9.92 Å². The largest absolute Gasteiger partial charge is 0.419 e. The Morgan fingerprint density at radius 3 is 2.17 bits per heavy atom. The number of rotatable bonds is 4. The van der Waals surface area contributed by atoms with Crippen LogP contribution in [-0.2, 0) is 9.84 Å². The van der Waals surface area contributed by atoms with Gasteiger partial charge in [-0.15, -0.1) is 0 Å². The summed E-state index contributed by atoms with van der Waals surface area (Å²) >= 11 is 5.94. The molecule has 7 heteroatoms. The molecular formula is C22H23ClN2O3S. The molecule has 0 atom stereocenters. The Hall–Kier alpha value is -2.31. The lowest BCUT2D eigenvalue weighted by Gasteiger charge is -2.20. The van der Waals surface area contributed by atoms with Gasteiger partial charge in [0.1, 0.15) is 0 Å². The van der Waals surface area contributed by atoms with Crippen molar-refractivity contribution < 1.29 is 12.8 Å². The van der Waals surface area contributed by atoms with Crippen molar-refractivity contribution in [2.24, 2.45) is 0 Å². The molecule has 0 bridgehead atoms. The molecule has 0 amide bonds. The number of oxazole rings is 1. The SMILES string of the molecule is Cc1ccc(-c2nc(S(=O)(=O)c3ccc(Cl)cc3)c(N3CCCCCC3)o2)cc1. The van der Waals surface area contributed by atoms with Crippen LogP contribution in [-0.4, -0.2) is 26.5 Å². The molecule has 5 nitrogen and oxygen atoms in total. The molecular weight excluding hydrogens is 408 g/mol. The first-order valence-electron chi connectivity index (χ1n) is 9.78. The van der Waals surface area contributed by atoms with Crippen molar-refractivity contribution in [3.05, 3.63) is 59.1 Å². The molecule has 0 spiro atoms. The third-order valence-electron chi connectivity index (χ3n) is 5.15. The van der Waals surface area contributed by atoms with E-state index in [0.717, 1.165) is 49.9 Å². The smallest absolute Gasteiger partial charge is 0.236 e. The zero-order valence-corrected chi connectivity index (χ0v) is 17.8. The Morgan fingerprint density at radius 2 is 1.55 bits per heavy atom. The van der Waals surface area contributed by atoms with E-state index in [4.69, 9.17) is 16.0 Å². The molecule has 1 saturated heterocycles. The maximum atomic E-state index is 13.4. The summed E-state index contributed by atoms with van der Waals surface area (Å²) in [5.74, 6) is 0.647. The van der Waals surface area contributed by atoms with Crippen LogP contribution in [0.5, 0.6) is 0 Å². The predicted molar refractivity (Wildman–Crippen MR) is 114 cm³/mol. The van der Waals surface area contributed by atoms with Gasteiger partial charge in [-0.3, -0.25) is 0 Å². The maximum absolute atomic E-state index is 13.4. The summed E-state index contributed by atoms with van der Waals surface area (Å²) in [4.78, 5) is 6.63. The van der Waals surface area contributed by atoms with Crippen LogP contribution in [0.4, 0.5) is 5.88 Å². The molecule has 1 fully saturated rings. The Labute approximate surface area is 176 Å². The number of hydrogen-bond acceptors (Lipinski definition) is 5. The quantitative estimate of drug-likeness (QED) is 0.545. The van der Waals surface area contributed by atoms with E-state index in [1.165, 1.54) is 12.1 Å². The number of benzene rings is 2. The Bertz CT molecular complexity index is 1080. The molecule has 1 aliphatic rings. The van der Waals surface area contributed by atoms with Gasteiger partial charge in [-0.1, -0.05) is 42.1 Å². The highest BCUT2D eigenvalue weighted by Gasteiger charge is 2.31. The number of aromatic nitrogens is 1. The molecule has 1 aliphatic heterocycles. The van der Waals surface area contributed by atoms with Gasteiger partial charge in [-0.05, 0) is 56.2 Å². The van der Waals surface area contributed by atoms with Crippen molar-refractivity contribution in [2.75, 3.05) is 18.0 Å². The normalized spacial score (nSPS) is 15.3. The zero-order chi connectivity index (χ0) is 20.4. The van der Waals surface area contributed by atoms with Crippen LogP contribution in [0, 0.1) is 6.92 Å². The van der Waals surface area contributed by atoms with Crippen LogP contribution in [0.2, 0.25) is 5.02 Å². The molecule has 0 unspecified atom stereocenters. The van der Waals surface area contributed by atoms with Crippen LogP contribution in [0.25, 0.3) is 11.5 Å². The highest BCUT2D eigenvalue weighted by molar-refractivity contribution is 7.91. The molecule has 2 aromatic carbocycles. The highest BCUT2D eigenvalue weighted by Crippen LogP contribution is 2.36. The molecule has 0 radical (unpaired) electrons. The van der Waals surface area contributed by atoms with Crippen LogP contribution in [0.1, 0.15) is 31.2 Å². The van der Waals surface area contributed by atoms with Crippen molar-refractivity contribution in [3.63, 3.8) is 0 Å². The summed E-state index contributed by atoms with van der Waals surface area (Å²) in [6, 6.07) is 13.9. The third kappa shape index (κ3) is 4.19. The zero-order valence-electron chi connectivity index (χ0n) is 16.3. The molecule has 3 aromatic rings. The van der Waals surface area contributed by atoms with E-state index in [0.29, 0.717) is 16.8 Å². The lowest BCUT2D eigenvalue weighted by atomic mass is 10.1. The topological polar surface area (TPSA) is 63.4 Å². The van der Waals surface area contributed by atoms with Gasteiger partial charge in [-0.2, -0.15) is 4.98 Å². The number of hydrogen-bond donors (Lipinski definition) is 0. The van der Waals surface area contributed by atoms with E-state index in [1.54, 1.807) is 12.1 Å². The highest BCUT2D eigenvalue weighted by atomic mass is 35.5. The number of nitrogens with zero attached hydrogens (tertiary/aromatic N) is 2. The van der Waals surface area contributed by atoms with Gasteiger partial charge in [0, 0.05) is 23.7 Å². The molecule has 0 aliphatic carbocycles. The van der Waals surface area contributed by atoms with Gasteiger partial charge in [0.2, 0.25) is 26.6 Å². The summed E-state index contributed by atoms with van der Waals surface area (Å²) in [6.07, 6.45) is 4.27. The van der Waals surface area contributed by atoms with Gasteiger partial charge >= 0.3 is 0 Å². The first-order valence-corrected chi connectivity index (χ1v) is 11.6. The van der Waals surface area contributed by atoms with Crippen molar-refractivity contribution in [3.8, 4) is 11.5 Å². The summed E-state index contributed by atoms with van der Waals surface area (Å²) in [6.45, 7) is 3.51. The summed E-state index contributed by atoms with van der Waals surface area (Å²) in [7, 11) is -3.85. The first-order chi connectivity index (χ1) is 13.9. The average Bonchev–Trinajstić information content (AvgIpc) is 2.99. The van der Waals surface area contributed by atoms with Gasteiger partial charge in [-0.25, -0.2) is 8.42 Å². The molecule has 0 N–H and O–H groups in total. The fraction of sp³-hybridized carbons (Fsp3) is 0.318. The van der Waals surface area contributed by atoms with Crippen molar-refractivity contribution in [1.29, 1.82) is 0 Å². The van der Waals surface area contributed by atoms with Gasteiger partial charge in [0.05, 0.1) is 4.90 Å². The summed E-state index contributed by atoms with van der Waals surface area (Å²) in [5, 5.41) is 0.453. The van der Waals surface area contributed by atoms with Crippen LogP contribution in [0.15, 0.2) is 62.9 Å². The second kappa shape index (κ2) is 8.20. The Morgan fingerprint density at radius 1 is 0.931 bits per heavy atom. The maximum Gasteiger partial charge on any atom is 0.236 e. The van der Waals surface area contributed by atoms with Crippen molar-refractivity contribution in [1.82, 2.24) is 4.98 Å². The molecule has 29 heavy (non-hydrogen) atoms.